The van der Waals surface area contributed by atoms with Crippen molar-refractivity contribution in [2.24, 2.45) is 5.73 Å². The number of nitrogens with two attached hydrogens (primary N) is 1. The van der Waals surface area contributed by atoms with Crippen LogP contribution in [0, 0.1) is 11.3 Å². The Morgan fingerprint density at radius 1 is 1.60 bits per heavy atom. The molecule has 1 aromatic carbocycles. The van der Waals surface area contributed by atoms with Crippen LogP contribution in [0.25, 0.3) is 0 Å². The summed E-state index contributed by atoms with van der Waals surface area (Å²) in [6.45, 7) is -0.152. The van der Waals surface area contributed by atoms with Crippen LogP contribution in [0.4, 0.5) is 5.69 Å². The summed E-state index contributed by atoms with van der Waals surface area (Å²) < 4.78 is 0. The maximum atomic E-state index is 11.3. The molecular weight excluding hydrogens is 194 g/mol. The lowest BCUT2D eigenvalue weighted by molar-refractivity contribution is -0.123. The van der Waals surface area contributed by atoms with Gasteiger partial charge in [-0.15, -0.1) is 0 Å². The fourth-order valence-corrected chi connectivity index (χ4v) is 1.01. The van der Waals surface area contributed by atoms with Crippen molar-refractivity contribution in [1.82, 2.24) is 0 Å². The van der Waals surface area contributed by atoms with E-state index in [0.717, 1.165) is 0 Å². The Balaban J connectivity index is 2.81. The van der Waals surface area contributed by atoms with E-state index in [0.29, 0.717) is 11.3 Å². The fourth-order valence-electron chi connectivity index (χ4n) is 1.01. The number of aliphatic hydroxyl groups is 1. The predicted octanol–water partition coefficient (Wildman–Crippen LogP) is -0.184. The Bertz CT molecular complexity index is 398. The van der Waals surface area contributed by atoms with Gasteiger partial charge in [-0.3, -0.25) is 4.79 Å². The van der Waals surface area contributed by atoms with E-state index in [-0.39, 0.29) is 6.54 Å². The number of nitriles is 1. The standard InChI is InChI=1S/C10H11N3O2/c11-5-7-3-1-2-4-8(7)13-10(15)9(14)6-12/h1-4,9,14H,6,12H2,(H,13,15). The maximum Gasteiger partial charge on any atom is 0.254 e. The average molecular weight is 205 g/mol. The van der Waals surface area contributed by atoms with Gasteiger partial charge in [0.2, 0.25) is 0 Å². The molecule has 0 aliphatic carbocycles. The molecule has 78 valence electrons. The van der Waals surface area contributed by atoms with Crippen molar-refractivity contribution in [2.75, 3.05) is 11.9 Å². The number of hydrogen-bond donors (Lipinski definition) is 3. The van der Waals surface area contributed by atoms with Gasteiger partial charge in [-0.1, -0.05) is 12.1 Å². The first kappa shape index (κ1) is 11.2. The van der Waals surface area contributed by atoms with Crippen LogP contribution >= 0.6 is 0 Å². The largest absolute Gasteiger partial charge is 0.382 e. The van der Waals surface area contributed by atoms with Gasteiger partial charge in [0.15, 0.2) is 0 Å². The van der Waals surface area contributed by atoms with Gasteiger partial charge in [-0.2, -0.15) is 5.26 Å². The van der Waals surface area contributed by atoms with Crippen LogP contribution < -0.4 is 11.1 Å². The Kier molecular flexibility index (Phi) is 3.80. The highest BCUT2D eigenvalue weighted by Crippen LogP contribution is 2.13. The molecule has 0 bridgehead atoms. The highest BCUT2D eigenvalue weighted by Gasteiger charge is 2.13. The molecule has 5 nitrogen and oxygen atoms in total. The molecule has 0 saturated heterocycles. The lowest BCUT2D eigenvalue weighted by Gasteiger charge is -2.09. The molecule has 15 heavy (non-hydrogen) atoms. The number of carbonyl (C=O) groups is 1. The molecule has 0 aliphatic heterocycles. The van der Waals surface area contributed by atoms with E-state index in [9.17, 15) is 4.79 Å². The van der Waals surface area contributed by atoms with Gasteiger partial charge in [0, 0.05) is 6.54 Å². The number of aliphatic hydroxyl groups excluding tert-OH is 1. The van der Waals surface area contributed by atoms with Crippen LogP contribution in [0.3, 0.4) is 0 Å². The van der Waals surface area contributed by atoms with Crippen LogP contribution in [-0.2, 0) is 4.79 Å². The van der Waals surface area contributed by atoms with Crippen molar-refractivity contribution >= 4 is 11.6 Å². The smallest absolute Gasteiger partial charge is 0.254 e. The molecule has 1 unspecified atom stereocenters. The van der Waals surface area contributed by atoms with Crippen molar-refractivity contribution in [1.29, 1.82) is 5.26 Å². The third kappa shape index (κ3) is 2.77. The topological polar surface area (TPSA) is 99.1 Å². The van der Waals surface area contributed by atoms with Crippen molar-refractivity contribution in [3.05, 3.63) is 29.8 Å². The van der Waals surface area contributed by atoms with E-state index in [4.69, 9.17) is 16.1 Å². The first-order valence-electron chi connectivity index (χ1n) is 4.37. The molecule has 0 aromatic heterocycles. The minimum absolute atomic E-state index is 0.152. The van der Waals surface area contributed by atoms with Gasteiger partial charge < -0.3 is 16.2 Å². The molecule has 1 amide bonds. The summed E-state index contributed by atoms with van der Waals surface area (Å²) in [5.41, 5.74) is 5.84. The summed E-state index contributed by atoms with van der Waals surface area (Å²) in [5.74, 6) is -0.611. The Morgan fingerprint density at radius 3 is 2.87 bits per heavy atom. The summed E-state index contributed by atoms with van der Waals surface area (Å²) in [4.78, 5) is 11.3. The zero-order chi connectivity index (χ0) is 11.3. The molecule has 4 N–H and O–H groups in total. The van der Waals surface area contributed by atoms with E-state index in [1.54, 1.807) is 24.3 Å². The quantitative estimate of drug-likeness (QED) is 0.637. The van der Waals surface area contributed by atoms with Crippen LogP contribution in [-0.4, -0.2) is 23.7 Å². The second kappa shape index (κ2) is 5.10. The van der Waals surface area contributed by atoms with Gasteiger partial charge >= 0.3 is 0 Å². The number of hydrogen-bond acceptors (Lipinski definition) is 4. The summed E-state index contributed by atoms with van der Waals surface area (Å²) in [7, 11) is 0. The van der Waals surface area contributed by atoms with Gasteiger partial charge in [0.1, 0.15) is 12.2 Å². The molecule has 0 radical (unpaired) electrons. The zero-order valence-electron chi connectivity index (χ0n) is 7.97. The van der Waals surface area contributed by atoms with Crippen molar-refractivity contribution < 1.29 is 9.90 Å². The molecule has 1 aromatic rings. The molecule has 0 saturated carbocycles. The maximum absolute atomic E-state index is 11.3. The summed E-state index contributed by atoms with van der Waals surface area (Å²) >= 11 is 0. The Hall–Kier alpha value is -1.90. The normalized spacial score (nSPS) is 11.5. The first-order chi connectivity index (χ1) is 7.19. The fraction of sp³-hybridized carbons (Fsp3) is 0.200. The van der Waals surface area contributed by atoms with Gasteiger partial charge in [-0.05, 0) is 12.1 Å². The third-order valence-electron chi connectivity index (χ3n) is 1.83. The van der Waals surface area contributed by atoms with Crippen molar-refractivity contribution in [3.63, 3.8) is 0 Å². The van der Waals surface area contributed by atoms with Crippen LogP contribution in [0.15, 0.2) is 24.3 Å². The van der Waals surface area contributed by atoms with Crippen molar-refractivity contribution in [3.8, 4) is 6.07 Å². The minimum atomic E-state index is -1.25. The zero-order valence-corrected chi connectivity index (χ0v) is 7.97. The third-order valence-corrected chi connectivity index (χ3v) is 1.83. The molecular formula is C10H11N3O2. The lowest BCUT2D eigenvalue weighted by Crippen LogP contribution is -2.34. The highest BCUT2D eigenvalue weighted by atomic mass is 16.3. The summed E-state index contributed by atoms with van der Waals surface area (Å²) in [6.07, 6.45) is -1.25. The highest BCUT2D eigenvalue weighted by molar-refractivity contribution is 5.95. The molecule has 0 aliphatic rings. The van der Waals surface area contributed by atoms with Gasteiger partial charge in [0.05, 0.1) is 11.3 Å². The molecule has 1 rings (SSSR count). The monoisotopic (exact) mass is 205 g/mol. The van der Waals surface area contributed by atoms with E-state index in [2.05, 4.69) is 5.32 Å². The summed E-state index contributed by atoms with van der Waals surface area (Å²) in [5, 5.41) is 20.3. The Morgan fingerprint density at radius 2 is 2.27 bits per heavy atom. The molecule has 0 heterocycles. The minimum Gasteiger partial charge on any atom is -0.382 e. The van der Waals surface area contributed by atoms with E-state index >= 15 is 0 Å². The van der Waals surface area contributed by atoms with E-state index in [1.807, 2.05) is 6.07 Å². The van der Waals surface area contributed by atoms with Crippen LogP contribution in [0.1, 0.15) is 5.56 Å². The Labute approximate surface area is 87.1 Å². The first-order valence-corrected chi connectivity index (χ1v) is 4.37. The number of anilines is 1. The molecule has 0 fully saturated rings. The molecule has 5 heteroatoms. The second-order valence-corrected chi connectivity index (χ2v) is 2.90. The number of benzene rings is 1. The van der Waals surface area contributed by atoms with Gasteiger partial charge in [-0.25, -0.2) is 0 Å². The van der Waals surface area contributed by atoms with E-state index < -0.39 is 12.0 Å². The average Bonchev–Trinajstić information content (AvgIpc) is 2.28. The second-order valence-electron chi connectivity index (χ2n) is 2.90. The SMILES string of the molecule is N#Cc1ccccc1NC(=O)C(O)CN. The number of nitrogens with zero attached hydrogens (tertiary/aromatic N) is 1. The number of carbonyl (C=O) groups excluding carboxylic acids is 1. The number of amides is 1. The number of para-hydroxylation sites is 1. The molecule has 0 spiro atoms. The van der Waals surface area contributed by atoms with Crippen LogP contribution in [0.5, 0.6) is 0 Å². The predicted molar refractivity (Wildman–Crippen MR) is 54.8 cm³/mol. The van der Waals surface area contributed by atoms with Crippen molar-refractivity contribution in [2.45, 2.75) is 6.10 Å². The van der Waals surface area contributed by atoms with Gasteiger partial charge in [0.25, 0.3) is 5.91 Å². The summed E-state index contributed by atoms with van der Waals surface area (Å²) in [6, 6.07) is 8.46. The number of rotatable bonds is 3. The van der Waals surface area contributed by atoms with Crippen LogP contribution in [0.2, 0.25) is 0 Å². The molecule has 1 atom stereocenters. The van der Waals surface area contributed by atoms with E-state index in [1.165, 1.54) is 0 Å². The number of nitrogens with one attached hydrogen (secondary N) is 1. The lowest BCUT2D eigenvalue weighted by atomic mass is 10.2.